The monoisotopic (exact) mass is 405 g/mol. The maximum atomic E-state index is 12.1. The Morgan fingerprint density at radius 2 is 1.57 bits per heavy atom. The molecule has 2 aliphatic heterocycles. The van der Waals surface area contributed by atoms with Crippen LogP contribution in [-0.2, 0) is 11.8 Å². The third-order valence-corrected chi connectivity index (χ3v) is 6.04. The fraction of sp³-hybridized carbons (Fsp3) is 0.435. The first-order valence-corrected chi connectivity index (χ1v) is 10.8. The van der Waals surface area contributed by atoms with Crippen LogP contribution in [0.4, 0.5) is 11.8 Å². The molecule has 0 aliphatic carbocycles. The minimum atomic E-state index is -0.337. The van der Waals surface area contributed by atoms with Gasteiger partial charge in [-0.25, -0.2) is 0 Å². The quantitative estimate of drug-likeness (QED) is 0.616. The van der Waals surface area contributed by atoms with Gasteiger partial charge in [0.1, 0.15) is 11.2 Å². The first-order valence-electron chi connectivity index (χ1n) is 10.8. The summed E-state index contributed by atoms with van der Waals surface area (Å²) in [5.41, 5.74) is 2.65. The minimum Gasteiger partial charge on any atom is -0.424 e. The summed E-state index contributed by atoms with van der Waals surface area (Å²) in [4.78, 5) is 26.6. The summed E-state index contributed by atoms with van der Waals surface area (Å²) in [5.74, 6) is 1.88. The standard InChI is InChI=1S/C23H27N5O2/c1-16(29)30-20-18-21(26(2)19(20)17-10-4-3-5-11-17)24-23(28-14-8-9-15-28)25-22(18)27-12-6-7-13-27/h3-5,10-11H,6-9,12-15H2,1-2H3. The van der Waals surface area contributed by atoms with E-state index in [1.807, 2.05) is 41.9 Å². The first kappa shape index (κ1) is 18.9. The fourth-order valence-corrected chi connectivity index (χ4v) is 4.63. The van der Waals surface area contributed by atoms with Gasteiger partial charge in [0, 0.05) is 45.7 Å². The molecular weight excluding hydrogens is 378 g/mol. The van der Waals surface area contributed by atoms with Gasteiger partial charge in [0.15, 0.2) is 11.4 Å². The van der Waals surface area contributed by atoms with Gasteiger partial charge in [-0.2, -0.15) is 9.97 Å². The minimum absolute atomic E-state index is 0.337. The van der Waals surface area contributed by atoms with Gasteiger partial charge in [-0.1, -0.05) is 30.3 Å². The van der Waals surface area contributed by atoms with E-state index in [1.165, 1.54) is 19.8 Å². The largest absolute Gasteiger partial charge is 0.424 e. The first-order chi connectivity index (χ1) is 14.6. The molecule has 156 valence electrons. The van der Waals surface area contributed by atoms with Crippen LogP contribution in [0.2, 0.25) is 0 Å². The maximum Gasteiger partial charge on any atom is 0.308 e. The van der Waals surface area contributed by atoms with Gasteiger partial charge in [0.25, 0.3) is 0 Å². The normalized spacial score (nSPS) is 16.6. The molecule has 5 rings (SSSR count). The molecule has 0 bridgehead atoms. The van der Waals surface area contributed by atoms with Crippen molar-refractivity contribution in [3.8, 4) is 17.0 Å². The molecule has 0 N–H and O–H groups in total. The Labute approximate surface area is 176 Å². The molecule has 2 aliphatic rings. The van der Waals surface area contributed by atoms with Gasteiger partial charge in [-0.15, -0.1) is 0 Å². The second kappa shape index (κ2) is 7.63. The molecule has 3 aromatic rings. The van der Waals surface area contributed by atoms with Crippen LogP contribution in [0.15, 0.2) is 30.3 Å². The number of hydrogen-bond acceptors (Lipinski definition) is 6. The predicted molar refractivity (Wildman–Crippen MR) is 118 cm³/mol. The molecule has 30 heavy (non-hydrogen) atoms. The Morgan fingerprint density at radius 1 is 0.933 bits per heavy atom. The molecule has 7 heteroatoms. The van der Waals surface area contributed by atoms with Crippen LogP contribution >= 0.6 is 0 Å². The zero-order valence-electron chi connectivity index (χ0n) is 17.6. The smallest absolute Gasteiger partial charge is 0.308 e. The Kier molecular flexibility index (Phi) is 4.81. The van der Waals surface area contributed by atoms with Gasteiger partial charge in [0.05, 0.1) is 5.69 Å². The summed E-state index contributed by atoms with van der Waals surface area (Å²) >= 11 is 0. The topological polar surface area (TPSA) is 63.5 Å². The SMILES string of the molecule is CC(=O)Oc1c(-c2ccccc2)n(C)c2nc(N3CCCC3)nc(N3CCCC3)c12. The number of benzene rings is 1. The lowest BCUT2D eigenvalue weighted by Crippen LogP contribution is -2.24. The number of esters is 1. The number of rotatable bonds is 4. The van der Waals surface area contributed by atoms with Crippen molar-refractivity contribution < 1.29 is 9.53 Å². The van der Waals surface area contributed by atoms with Crippen molar-refractivity contribution in [1.82, 2.24) is 14.5 Å². The Morgan fingerprint density at radius 3 is 2.20 bits per heavy atom. The third-order valence-electron chi connectivity index (χ3n) is 6.04. The number of carbonyl (C=O) groups is 1. The number of aryl methyl sites for hydroxylation is 1. The molecule has 2 saturated heterocycles. The van der Waals surface area contributed by atoms with Gasteiger partial charge < -0.3 is 19.1 Å². The van der Waals surface area contributed by atoms with Crippen LogP contribution in [0, 0.1) is 0 Å². The predicted octanol–water partition coefficient (Wildman–Crippen LogP) is 3.76. The number of aromatic nitrogens is 3. The highest BCUT2D eigenvalue weighted by Gasteiger charge is 2.29. The second-order valence-electron chi connectivity index (χ2n) is 8.13. The average Bonchev–Trinajstić information content (AvgIpc) is 3.50. The lowest BCUT2D eigenvalue weighted by Gasteiger charge is -2.21. The summed E-state index contributed by atoms with van der Waals surface area (Å²) in [6.45, 7) is 5.33. The molecule has 0 unspecified atom stereocenters. The van der Waals surface area contributed by atoms with E-state index in [2.05, 4.69) is 9.80 Å². The number of fused-ring (bicyclic) bond motifs is 1. The van der Waals surface area contributed by atoms with E-state index in [9.17, 15) is 4.79 Å². The number of carbonyl (C=O) groups excluding carboxylic acids is 1. The van der Waals surface area contributed by atoms with E-state index in [0.717, 1.165) is 73.1 Å². The van der Waals surface area contributed by atoms with Crippen molar-refractivity contribution in [3.05, 3.63) is 30.3 Å². The molecule has 2 fully saturated rings. The molecule has 0 atom stereocenters. The number of ether oxygens (including phenoxy) is 1. The summed E-state index contributed by atoms with van der Waals surface area (Å²) in [6.07, 6.45) is 4.63. The zero-order chi connectivity index (χ0) is 20.7. The highest BCUT2D eigenvalue weighted by atomic mass is 16.5. The van der Waals surface area contributed by atoms with Crippen LogP contribution in [0.3, 0.4) is 0 Å². The number of hydrogen-bond donors (Lipinski definition) is 0. The summed E-state index contributed by atoms with van der Waals surface area (Å²) < 4.78 is 7.86. The van der Waals surface area contributed by atoms with E-state index < -0.39 is 0 Å². The van der Waals surface area contributed by atoms with Gasteiger partial charge in [-0.3, -0.25) is 4.79 Å². The molecule has 1 aromatic carbocycles. The van der Waals surface area contributed by atoms with E-state index >= 15 is 0 Å². The molecule has 0 spiro atoms. The Bertz CT molecular complexity index is 1080. The average molecular weight is 406 g/mol. The van der Waals surface area contributed by atoms with Crippen LogP contribution < -0.4 is 14.5 Å². The molecular formula is C23H27N5O2. The van der Waals surface area contributed by atoms with Gasteiger partial charge >= 0.3 is 5.97 Å². The van der Waals surface area contributed by atoms with Crippen molar-refractivity contribution >= 4 is 28.8 Å². The van der Waals surface area contributed by atoms with Crippen molar-refractivity contribution in [2.75, 3.05) is 36.0 Å². The summed E-state index contributed by atoms with van der Waals surface area (Å²) in [7, 11) is 1.99. The molecule has 7 nitrogen and oxygen atoms in total. The highest BCUT2D eigenvalue weighted by Crippen LogP contribution is 2.44. The van der Waals surface area contributed by atoms with Crippen molar-refractivity contribution in [1.29, 1.82) is 0 Å². The van der Waals surface area contributed by atoms with Crippen LogP contribution in [0.5, 0.6) is 5.75 Å². The van der Waals surface area contributed by atoms with Crippen LogP contribution in [-0.4, -0.2) is 46.7 Å². The lowest BCUT2D eigenvalue weighted by atomic mass is 10.1. The molecule has 2 aromatic heterocycles. The summed E-state index contributed by atoms with van der Waals surface area (Å²) in [6, 6.07) is 10.0. The second-order valence-corrected chi connectivity index (χ2v) is 8.13. The molecule has 0 amide bonds. The Balaban J connectivity index is 1.81. The van der Waals surface area contributed by atoms with Gasteiger partial charge in [0.2, 0.25) is 5.95 Å². The van der Waals surface area contributed by atoms with E-state index in [0.29, 0.717) is 5.75 Å². The lowest BCUT2D eigenvalue weighted by molar-refractivity contribution is -0.131. The van der Waals surface area contributed by atoms with E-state index in [-0.39, 0.29) is 5.97 Å². The Hall–Kier alpha value is -3.09. The number of anilines is 2. The fourth-order valence-electron chi connectivity index (χ4n) is 4.63. The van der Waals surface area contributed by atoms with Crippen molar-refractivity contribution in [2.45, 2.75) is 32.6 Å². The molecule has 0 radical (unpaired) electrons. The summed E-state index contributed by atoms with van der Waals surface area (Å²) in [5, 5.41) is 0.830. The third kappa shape index (κ3) is 3.18. The van der Waals surface area contributed by atoms with Crippen molar-refractivity contribution in [3.63, 3.8) is 0 Å². The van der Waals surface area contributed by atoms with Crippen LogP contribution in [0.1, 0.15) is 32.6 Å². The zero-order valence-corrected chi connectivity index (χ0v) is 17.6. The highest BCUT2D eigenvalue weighted by molar-refractivity contribution is 6.02. The maximum absolute atomic E-state index is 12.1. The van der Waals surface area contributed by atoms with Gasteiger partial charge in [-0.05, 0) is 25.7 Å². The number of nitrogens with zero attached hydrogens (tertiary/aromatic N) is 5. The molecule has 0 saturated carbocycles. The van der Waals surface area contributed by atoms with E-state index in [4.69, 9.17) is 14.7 Å². The van der Waals surface area contributed by atoms with E-state index in [1.54, 1.807) is 0 Å². The van der Waals surface area contributed by atoms with Crippen molar-refractivity contribution in [2.24, 2.45) is 7.05 Å². The molecule has 4 heterocycles. The van der Waals surface area contributed by atoms with Crippen LogP contribution in [0.25, 0.3) is 22.3 Å².